The van der Waals surface area contributed by atoms with Gasteiger partial charge in [0, 0.05) is 12.2 Å². The van der Waals surface area contributed by atoms with Gasteiger partial charge in [0.15, 0.2) is 0 Å². The molecule has 1 aromatic heterocycles. The minimum Gasteiger partial charge on any atom is -0.366 e. The average Bonchev–Trinajstić information content (AvgIpc) is 2.35. The molecule has 0 bridgehead atoms. The molecule has 1 saturated carbocycles. The van der Waals surface area contributed by atoms with Gasteiger partial charge in [-0.1, -0.05) is 25.4 Å². The number of aromatic nitrogens is 1. The maximum Gasteiger partial charge on any atom is 0.417 e. The maximum atomic E-state index is 12.5. The molecule has 3 unspecified atom stereocenters. The van der Waals surface area contributed by atoms with Crippen LogP contribution in [0.3, 0.4) is 0 Å². The highest BCUT2D eigenvalue weighted by molar-refractivity contribution is 6.33. The smallest absolute Gasteiger partial charge is 0.366 e. The third kappa shape index (κ3) is 3.57. The molecule has 0 spiro atoms. The standard InChI is InChI=1S/C14H18ClF3N2/c1-8-3-4-11(5-9(8)2)20-13-12(15)6-10(7-19-13)14(16,17)18/h6-9,11H,3-5H2,1-2H3,(H,19,20). The molecule has 1 aromatic rings. The second kappa shape index (κ2) is 5.80. The fourth-order valence-electron chi connectivity index (χ4n) is 2.57. The first-order valence-electron chi connectivity index (χ1n) is 6.76. The van der Waals surface area contributed by atoms with Gasteiger partial charge in [-0.2, -0.15) is 13.2 Å². The number of anilines is 1. The van der Waals surface area contributed by atoms with Crippen molar-refractivity contribution in [2.75, 3.05) is 5.32 Å². The number of nitrogens with one attached hydrogen (secondary N) is 1. The Labute approximate surface area is 121 Å². The van der Waals surface area contributed by atoms with E-state index >= 15 is 0 Å². The lowest BCUT2D eigenvalue weighted by molar-refractivity contribution is -0.137. The first kappa shape index (κ1) is 15.4. The summed E-state index contributed by atoms with van der Waals surface area (Å²) in [5, 5.41) is 3.19. The Morgan fingerprint density at radius 3 is 2.50 bits per heavy atom. The molecule has 0 aliphatic heterocycles. The molecule has 1 aliphatic rings. The molecule has 1 N–H and O–H groups in total. The van der Waals surface area contributed by atoms with Crippen LogP contribution in [0.5, 0.6) is 0 Å². The van der Waals surface area contributed by atoms with E-state index in [1.807, 2.05) is 0 Å². The van der Waals surface area contributed by atoms with E-state index in [0.29, 0.717) is 17.7 Å². The van der Waals surface area contributed by atoms with Gasteiger partial charge in [0.1, 0.15) is 5.82 Å². The summed E-state index contributed by atoms with van der Waals surface area (Å²) in [7, 11) is 0. The molecule has 0 saturated heterocycles. The summed E-state index contributed by atoms with van der Waals surface area (Å²) in [6.45, 7) is 4.42. The topological polar surface area (TPSA) is 24.9 Å². The first-order chi connectivity index (χ1) is 9.27. The van der Waals surface area contributed by atoms with Crippen molar-refractivity contribution in [1.82, 2.24) is 4.98 Å². The predicted molar refractivity (Wildman–Crippen MR) is 73.8 cm³/mol. The highest BCUT2D eigenvalue weighted by Gasteiger charge is 2.32. The molecule has 1 fully saturated rings. The summed E-state index contributed by atoms with van der Waals surface area (Å²) in [4.78, 5) is 3.82. The Bertz CT molecular complexity index is 476. The van der Waals surface area contributed by atoms with Crippen LogP contribution in [0.4, 0.5) is 19.0 Å². The number of halogens is 4. The van der Waals surface area contributed by atoms with Crippen molar-refractivity contribution in [3.8, 4) is 0 Å². The molecule has 112 valence electrons. The van der Waals surface area contributed by atoms with Gasteiger partial charge in [-0.15, -0.1) is 0 Å². The summed E-state index contributed by atoms with van der Waals surface area (Å²) < 4.78 is 37.6. The van der Waals surface area contributed by atoms with Crippen molar-refractivity contribution in [1.29, 1.82) is 0 Å². The van der Waals surface area contributed by atoms with Gasteiger partial charge in [0.05, 0.1) is 10.6 Å². The molecule has 6 heteroatoms. The van der Waals surface area contributed by atoms with Gasteiger partial charge in [0.2, 0.25) is 0 Å². The Morgan fingerprint density at radius 1 is 1.25 bits per heavy atom. The summed E-state index contributed by atoms with van der Waals surface area (Å²) in [6, 6.07) is 1.15. The van der Waals surface area contributed by atoms with E-state index in [2.05, 4.69) is 24.1 Å². The summed E-state index contributed by atoms with van der Waals surface area (Å²) in [5.74, 6) is 1.62. The molecular formula is C14H18ClF3N2. The maximum absolute atomic E-state index is 12.5. The SMILES string of the molecule is CC1CCC(Nc2ncc(C(F)(F)F)cc2Cl)CC1C. The predicted octanol–water partition coefficient (Wildman–Crippen LogP) is 4.99. The zero-order valence-corrected chi connectivity index (χ0v) is 12.2. The largest absolute Gasteiger partial charge is 0.417 e. The molecule has 0 radical (unpaired) electrons. The lowest BCUT2D eigenvalue weighted by atomic mass is 9.79. The van der Waals surface area contributed by atoms with E-state index in [1.54, 1.807) is 0 Å². The van der Waals surface area contributed by atoms with Crippen molar-refractivity contribution in [2.24, 2.45) is 11.8 Å². The van der Waals surface area contributed by atoms with Crippen molar-refractivity contribution in [2.45, 2.75) is 45.3 Å². The molecule has 0 amide bonds. The number of hydrogen-bond acceptors (Lipinski definition) is 2. The monoisotopic (exact) mass is 306 g/mol. The van der Waals surface area contributed by atoms with Gasteiger partial charge in [-0.05, 0) is 37.2 Å². The second-order valence-corrected chi connectivity index (χ2v) is 6.07. The van der Waals surface area contributed by atoms with Crippen LogP contribution < -0.4 is 5.32 Å². The van der Waals surface area contributed by atoms with Gasteiger partial charge in [-0.3, -0.25) is 0 Å². The van der Waals surface area contributed by atoms with Gasteiger partial charge >= 0.3 is 6.18 Å². The van der Waals surface area contributed by atoms with Crippen LogP contribution in [0.2, 0.25) is 5.02 Å². The third-order valence-electron chi connectivity index (χ3n) is 4.11. The summed E-state index contributed by atoms with van der Waals surface area (Å²) >= 11 is 5.89. The number of pyridine rings is 1. The fourth-order valence-corrected chi connectivity index (χ4v) is 2.79. The molecule has 1 heterocycles. The van der Waals surface area contributed by atoms with E-state index in [9.17, 15) is 13.2 Å². The van der Waals surface area contributed by atoms with E-state index in [-0.39, 0.29) is 11.1 Å². The molecule has 20 heavy (non-hydrogen) atoms. The van der Waals surface area contributed by atoms with Crippen LogP contribution in [0.15, 0.2) is 12.3 Å². The van der Waals surface area contributed by atoms with Crippen molar-refractivity contribution in [3.05, 3.63) is 22.8 Å². The molecule has 1 aliphatic carbocycles. The van der Waals surface area contributed by atoms with Crippen molar-refractivity contribution < 1.29 is 13.2 Å². The number of hydrogen-bond donors (Lipinski definition) is 1. The zero-order chi connectivity index (χ0) is 14.9. The summed E-state index contributed by atoms with van der Waals surface area (Å²) in [6.07, 6.45) is -0.505. The zero-order valence-electron chi connectivity index (χ0n) is 11.5. The number of rotatable bonds is 2. The number of nitrogens with zero attached hydrogens (tertiary/aromatic N) is 1. The lowest BCUT2D eigenvalue weighted by Crippen LogP contribution is -2.30. The van der Waals surface area contributed by atoms with Crippen LogP contribution in [-0.2, 0) is 6.18 Å². The van der Waals surface area contributed by atoms with Gasteiger partial charge in [-0.25, -0.2) is 4.98 Å². The van der Waals surface area contributed by atoms with E-state index < -0.39 is 11.7 Å². The van der Waals surface area contributed by atoms with Gasteiger partial charge < -0.3 is 5.32 Å². The molecule has 2 nitrogen and oxygen atoms in total. The van der Waals surface area contributed by atoms with Gasteiger partial charge in [0.25, 0.3) is 0 Å². The second-order valence-electron chi connectivity index (χ2n) is 5.66. The molecule has 2 rings (SSSR count). The van der Waals surface area contributed by atoms with Crippen LogP contribution in [0.25, 0.3) is 0 Å². The van der Waals surface area contributed by atoms with Crippen LogP contribution in [0, 0.1) is 11.8 Å². The van der Waals surface area contributed by atoms with Crippen LogP contribution in [-0.4, -0.2) is 11.0 Å². The quantitative estimate of drug-likeness (QED) is 0.832. The molecule has 0 aromatic carbocycles. The number of alkyl halides is 3. The minimum absolute atomic E-state index is 0.0195. The van der Waals surface area contributed by atoms with Crippen molar-refractivity contribution >= 4 is 17.4 Å². The third-order valence-corrected chi connectivity index (χ3v) is 4.40. The molecular weight excluding hydrogens is 289 g/mol. The minimum atomic E-state index is -4.41. The van der Waals surface area contributed by atoms with E-state index in [1.165, 1.54) is 0 Å². The van der Waals surface area contributed by atoms with E-state index in [4.69, 9.17) is 11.6 Å². The highest BCUT2D eigenvalue weighted by atomic mass is 35.5. The normalized spacial score (nSPS) is 27.4. The Balaban J connectivity index is 2.07. The Hall–Kier alpha value is -0.970. The Kier molecular flexibility index (Phi) is 4.47. The fraction of sp³-hybridized carbons (Fsp3) is 0.643. The van der Waals surface area contributed by atoms with E-state index in [0.717, 1.165) is 31.5 Å². The lowest BCUT2D eigenvalue weighted by Gasteiger charge is -2.33. The first-order valence-corrected chi connectivity index (χ1v) is 7.14. The highest BCUT2D eigenvalue weighted by Crippen LogP contribution is 2.34. The molecule has 3 atom stereocenters. The van der Waals surface area contributed by atoms with Crippen molar-refractivity contribution in [3.63, 3.8) is 0 Å². The average molecular weight is 307 g/mol. The Morgan fingerprint density at radius 2 is 1.95 bits per heavy atom. The van der Waals surface area contributed by atoms with Crippen LogP contribution >= 0.6 is 11.6 Å². The van der Waals surface area contributed by atoms with Crippen LogP contribution in [0.1, 0.15) is 38.7 Å². The summed E-state index contributed by atoms with van der Waals surface area (Å²) in [5.41, 5.74) is -0.821.